The number of likely N-dealkylation sites (tertiary alicyclic amines) is 1. The van der Waals surface area contributed by atoms with Crippen LogP contribution in [0.5, 0.6) is 0 Å². The van der Waals surface area contributed by atoms with Gasteiger partial charge in [-0.3, -0.25) is 14.6 Å². The van der Waals surface area contributed by atoms with Crippen LogP contribution in [0.1, 0.15) is 37.0 Å². The summed E-state index contributed by atoms with van der Waals surface area (Å²) in [6.45, 7) is 4.73. The summed E-state index contributed by atoms with van der Waals surface area (Å²) >= 11 is 0. The van der Waals surface area contributed by atoms with Crippen LogP contribution in [0.3, 0.4) is 0 Å². The van der Waals surface area contributed by atoms with Crippen LogP contribution in [0.15, 0.2) is 18.5 Å². The van der Waals surface area contributed by atoms with E-state index < -0.39 is 5.82 Å². The van der Waals surface area contributed by atoms with Gasteiger partial charge in [-0.25, -0.2) is 4.39 Å². The quantitative estimate of drug-likeness (QED) is 0.920. The Morgan fingerprint density at radius 3 is 2.62 bits per heavy atom. The highest BCUT2D eigenvalue weighted by Gasteiger charge is 2.26. The van der Waals surface area contributed by atoms with E-state index in [2.05, 4.69) is 10.3 Å². The van der Waals surface area contributed by atoms with E-state index in [1.807, 2.05) is 13.8 Å². The molecule has 0 aromatic carbocycles. The summed E-state index contributed by atoms with van der Waals surface area (Å²) in [5, 5.41) is 2.97. The molecule has 0 atom stereocenters. The molecule has 0 saturated carbocycles. The number of carbonyl (C=O) groups excluding carboxylic acids is 2. The van der Waals surface area contributed by atoms with E-state index in [0.29, 0.717) is 25.9 Å². The third-order valence-electron chi connectivity index (χ3n) is 3.66. The van der Waals surface area contributed by atoms with E-state index >= 15 is 0 Å². The molecule has 2 rings (SSSR count). The average molecular weight is 293 g/mol. The molecule has 21 heavy (non-hydrogen) atoms. The second kappa shape index (κ2) is 6.65. The first-order valence-corrected chi connectivity index (χ1v) is 7.18. The average Bonchev–Trinajstić information content (AvgIpc) is 2.47. The number of nitrogens with one attached hydrogen (secondary N) is 1. The SMILES string of the molecule is CC(C)C(=O)NC1CCN(C(=O)c2ccncc2F)CC1. The van der Waals surface area contributed by atoms with Gasteiger partial charge in [0.25, 0.3) is 5.91 Å². The summed E-state index contributed by atoms with van der Waals surface area (Å²) in [4.78, 5) is 29.1. The lowest BCUT2D eigenvalue weighted by Crippen LogP contribution is -2.47. The molecule has 1 saturated heterocycles. The largest absolute Gasteiger partial charge is 0.353 e. The Morgan fingerprint density at radius 1 is 1.38 bits per heavy atom. The summed E-state index contributed by atoms with van der Waals surface area (Å²) in [6, 6.07) is 1.48. The van der Waals surface area contributed by atoms with Gasteiger partial charge in [-0.15, -0.1) is 0 Å². The molecule has 0 bridgehead atoms. The number of pyridine rings is 1. The number of nitrogens with zero attached hydrogens (tertiary/aromatic N) is 2. The molecule has 1 aliphatic heterocycles. The van der Waals surface area contributed by atoms with Gasteiger partial charge >= 0.3 is 0 Å². The molecule has 114 valence electrons. The molecule has 1 aromatic heterocycles. The van der Waals surface area contributed by atoms with Crippen LogP contribution in [0.4, 0.5) is 4.39 Å². The number of amides is 2. The molecule has 1 aliphatic rings. The zero-order valence-corrected chi connectivity index (χ0v) is 12.3. The Bertz CT molecular complexity index is 525. The maximum atomic E-state index is 13.6. The summed E-state index contributed by atoms with van der Waals surface area (Å²) < 4.78 is 13.6. The van der Waals surface area contributed by atoms with Crippen molar-refractivity contribution in [2.24, 2.45) is 5.92 Å². The lowest BCUT2D eigenvalue weighted by Gasteiger charge is -2.32. The van der Waals surface area contributed by atoms with Crippen molar-refractivity contribution in [2.45, 2.75) is 32.7 Å². The number of hydrogen-bond donors (Lipinski definition) is 1. The molecule has 0 radical (unpaired) electrons. The van der Waals surface area contributed by atoms with Crippen molar-refractivity contribution < 1.29 is 14.0 Å². The topological polar surface area (TPSA) is 62.3 Å². The first kappa shape index (κ1) is 15.4. The fourth-order valence-corrected chi connectivity index (χ4v) is 2.31. The van der Waals surface area contributed by atoms with E-state index in [0.717, 1.165) is 6.20 Å². The maximum absolute atomic E-state index is 13.6. The zero-order chi connectivity index (χ0) is 15.4. The predicted molar refractivity (Wildman–Crippen MR) is 76.1 cm³/mol. The van der Waals surface area contributed by atoms with Crippen molar-refractivity contribution in [3.63, 3.8) is 0 Å². The van der Waals surface area contributed by atoms with E-state index in [1.54, 1.807) is 4.90 Å². The summed E-state index contributed by atoms with van der Waals surface area (Å²) in [6.07, 6.45) is 3.84. The van der Waals surface area contributed by atoms with E-state index in [4.69, 9.17) is 0 Å². The smallest absolute Gasteiger partial charge is 0.256 e. The van der Waals surface area contributed by atoms with E-state index in [9.17, 15) is 14.0 Å². The van der Waals surface area contributed by atoms with Crippen molar-refractivity contribution in [1.29, 1.82) is 0 Å². The summed E-state index contributed by atoms with van der Waals surface area (Å²) in [5.74, 6) is -0.934. The van der Waals surface area contributed by atoms with Gasteiger partial charge in [0.05, 0.1) is 11.8 Å². The molecule has 5 nitrogen and oxygen atoms in total. The standard InChI is InChI=1S/C15H20FN3O2/c1-10(2)14(20)18-11-4-7-19(8-5-11)15(21)12-3-6-17-9-13(12)16/h3,6,9-11H,4-5,7-8H2,1-2H3,(H,18,20). The lowest BCUT2D eigenvalue weighted by atomic mass is 10.0. The molecule has 1 fully saturated rings. The summed E-state index contributed by atoms with van der Waals surface area (Å²) in [5.41, 5.74) is 0.0506. The van der Waals surface area contributed by atoms with Gasteiger partial charge in [-0.1, -0.05) is 13.8 Å². The molecule has 1 N–H and O–H groups in total. The number of aromatic nitrogens is 1. The molecule has 0 aliphatic carbocycles. The highest BCUT2D eigenvalue weighted by atomic mass is 19.1. The Morgan fingerprint density at radius 2 is 2.05 bits per heavy atom. The van der Waals surface area contributed by atoms with Gasteiger partial charge in [-0.05, 0) is 18.9 Å². The van der Waals surface area contributed by atoms with Gasteiger partial charge in [0.15, 0.2) is 5.82 Å². The fourth-order valence-electron chi connectivity index (χ4n) is 2.31. The minimum Gasteiger partial charge on any atom is -0.353 e. The summed E-state index contributed by atoms with van der Waals surface area (Å²) in [7, 11) is 0. The zero-order valence-electron chi connectivity index (χ0n) is 12.3. The number of rotatable bonds is 3. The van der Waals surface area contributed by atoms with E-state index in [1.165, 1.54) is 12.3 Å². The second-order valence-electron chi connectivity index (χ2n) is 5.59. The number of halogens is 1. The third kappa shape index (κ3) is 3.77. The van der Waals surface area contributed by atoms with Crippen LogP contribution in [0.25, 0.3) is 0 Å². The van der Waals surface area contributed by atoms with Crippen molar-refractivity contribution in [2.75, 3.05) is 13.1 Å². The van der Waals surface area contributed by atoms with Gasteiger partial charge in [0.1, 0.15) is 0 Å². The molecule has 2 amide bonds. The van der Waals surface area contributed by atoms with Crippen molar-refractivity contribution in [3.05, 3.63) is 29.8 Å². The molecule has 0 spiro atoms. The minimum atomic E-state index is -0.599. The first-order valence-electron chi connectivity index (χ1n) is 7.18. The molecule has 2 heterocycles. The van der Waals surface area contributed by atoms with Crippen LogP contribution >= 0.6 is 0 Å². The van der Waals surface area contributed by atoms with Crippen LogP contribution in [0, 0.1) is 11.7 Å². The second-order valence-corrected chi connectivity index (χ2v) is 5.59. The molecule has 6 heteroatoms. The van der Waals surface area contributed by atoms with Gasteiger partial charge in [-0.2, -0.15) is 0 Å². The van der Waals surface area contributed by atoms with Crippen LogP contribution in [-0.2, 0) is 4.79 Å². The predicted octanol–water partition coefficient (Wildman–Crippen LogP) is 1.60. The highest BCUT2D eigenvalue weighted by Crippen LogP contribution is 2.15. The van der Waals surface area contributed by atoms with Crippen molar-refractivity contribution in [1.82, 2.24) is 15.2 Å². The van der Waals surface area contributed by atoms with Crippen molar-refractivity contribution in [3.8, 4) is 0 Å². The fraction of sp³-hybridized carbons (Fsp3) is 0.533. The first-order chi connectivity index (χ1) is 9.99. The number of hydrogen-bond acceptors (Lipinski definition) is 3. The minimum absolute atomic E-state index is 0.0277. The maximum Gasteiger partial charge on any atom is 0.256 e. The molecular formula is C15H20FN3O2. The Hall–Kier alpha value is -1.98. The Balaban J connectivity index is 1.91. The lowest BCUT2D eigenvalue weighted by molar-refractivity contribution is -0.124. The molecule has 0 unspecified atom stereocenters. The van der Waals surface area contributed by atoms with Crippen LogP contribution in [0.2, 0.25) is 0 Å². The molecular weight excluding hydrogens is 273 g/mol. The van der Waals surface area contributed by atoms with E-state index in [-0.39, 0.29) is 29.3 Å². The Kier molecular flexibility index (Phi) is 4.88. The van der Waals surface area contributed by atoms with Gasteiger partial charge in [0, 0.05) is 31.2 Å². The Labute approximate surface area is 123 Å². The van der Waals surface area contributed by atoms with Crippen LogP contribution in [-0.4, -0.2) is 40.8 Å². The van der Waals surface area contributed by atoms with Gasteiger partial charge < -0.3 is 10.2 Å². The van der Waals surface area contributed by atoms with Gasteiger partial charge in [0.2, 0.25) is 5.91 Å². The van der Waals surface area contributed by atoms with Crippen molar-refractivity contribution >= 4 is 11.8 Å². The third-order valence-corrected chi connectivity index (χ3v) is 3.66. The normalized spacial score (nSPS) is 16.1. The van der Waals surface area contributed by atoms with Crippen LogP contribution < -0.4 is 5.32 Å². The number of piperidine rings is 1. The highest BCUT2D eigenvalue weighted by molar-refractivity contribution is 5.94. The number of carbonyl (C=O) groups is 2. The molecule has 1 aromatic rings. The monoisotopic (exact) mass is 293 g/mol.